The van der Waals surface area contributed by atoms with E-state index in [1.54, 1.807) is 0 Å². The van der Waals surface area contributed by atoms with Crippen LogP contribution in [-0.4, -0.2) is 64.3 Å². The van der Waals surface area contributed by atoms with Crippen LogP contribution in [-0.2, 0) is 9.47 Å². The summed E-state index contributed by atoms with van der Waals surface area (Å²) in [6.07, 6.45) is -4.13. The average molecular weight is 236 g/mol. The lowest BCUT2D eigenvalue weighted by molar-refractivity contribution is -0.301. The van der Waals surface area contributed by atoms with E-state index in [9.17, 15) is 15.3 Å². The second-order valence-electron chi connectivity index (χ2n) is 3.92. The molecule has 0 radical (unpaired) electrons. The molecule has 6 nitrogen and oxygen atoms in total. The molecule has 0 spiro atoms. The van der Waals surface area contributed by atoms with Crippen molar-refractivity contribution in [3.05, 3.63) is 0 Å². The molecule has 0 unspecified atom stereocenters. The molecule has 1 rings (SSSR count). The zero-order valence-electron chi connectivity index (χ0n) is 9.32. The first-order valence-corrected chi connectivity index (χ1v) is 5.54. The lowest BCUT2D eigenvalue weighted by Gasteiger charge is -2.39. The fourth-order valence-corrected chi connectivity index (χ4v) is 1.55. The summed E-state index contributed by atoms with van der Waals surface area (Å²) in [7, 11) is 0. The van der Waals surface area contributed by atoms with Crippen LogP contribution in [0.5, 0.6) is 0 Å². The molecule has 0 aromatic rings. The van der Waals surface area contributed by atoms with Gasteiger partial charge in [-0.05, 0) is 6.42 Å². The molecular weight excluding hydrogens is 216 g/mol. The van der Waals surface area contributed by atoms with Crippen LogP contribution in [0.25, 0.3) is 0 Å². The van der Waals surface area contributed by atoms with Crippen molar-refractivity contribution in [1.82, 2.24) is 0 Å². The lowest BCUT2D eigenvalue weighted by atomic mass is 9.99. The van der Waals surface area contributed by atoms with Gasteiger partial charge in [0.1, 0.15) is 24.4 Å². The second kappa shape index (κ2) is 6.48. The third-order valence-electron chi connectivity index (χ3n) is 2.63. The zero-order chi connectivity index (χ0) is 12.1. The Bertz CT molecular complexity index is 198. The summed E-state index contributed by atoms with van der Waals surface area (Å²) in [5.74, 6) is 0. The van der Waals surface area contributed by atoms with Gasteiger partial charge in [0, 0.05) is 6.61 Å². The van der Waals surface area contributed by atoms with Crippen molar-refractivity contribution in [3.63, 3.8) is 0 Å². The Morgan fingerprint density at radius 1 is 1.12 bits per heavy atom. The smallest absolute Gasteiger partial charge is 0.186 e. The Morgan fingerprint density at radius 3 is 2.38 bits per heavy atom. The molecule has 6 heteroatoms. The van der Waals surface area contributed by atoms with Gasteiger partial charge in [0.25, 0.3) is 0 Å². The van der Waals surface area contributed by atoms with Gasteiger partial charge in [-0.3, -0.25) is 0 Å². The van der Waals surface area contributed by atoms with E-state index in [2.05, 4.69) is 0 Å². The van der Waals surface area contributed by atoms with E-state index in [0.29, 0.717) is 6.61 Å². The highest BCUT2D eigenvalue weighted by Crippen LogP contribution is 2.21. The molecule has 4 N–H and O–H groups in total. The minimum atomic E-state index is -1.36. The normalized spacial score (nSPS) is 39.9. The first-order valence-electron chi connectivity index (χ1n) is 5.54. The molecule has 1 saturated heterocycles. The molecule has 96 valence electrons. The SMILES string of the molecule is CCCCO[C@@H]1O[C@H](CO)[C@@H](O)[C@@H](O)[C@H]1O. The van der Waals surface area contributed by atoms with E-state index >= 15 is 0 Å². The van der Waals surface area contributed by atoms with Crippen LogP contribution in [0, 0.1) is 0 Å². The van der Waals surface area contributed by atoms with Gasteiger partial charge in [-0.15, -0.1) is 0 Å². The highest BCUT2D eigenvalue weighted by molar-refractivity contribution is 4.88. The van der Waals surface area contributed by atoms with Crippen molar-refractivity contribution >= 4 is 0 Å². The van der Waals surface area contributed by atoms with Gasteiger partial charge in [-0.25, -0.2) is 0 Å². The Kier molecular flexibility index (Phi) is 5.60. The highest BCUT2D eigenvalue weighted by atomic mass is 16.7. The number of hydrogen-bond donors (Lipinski definition) is 4. The van der Waals surface area contributed by atoms with E-state index < -0.39 is 37.3 Å². The molecule has 1 aliphatic heterocycles. The first-order chi connectivity index (χ1) is 7.61. The van der Waals surface area contributed by atoms with Crippen molar-refractivity contribution < 1.29 is 29.9 Å². The third-order valence-corrected chi connectivity index (χ3v) is 2.63. The van der Waals surface area contributed by atoms with Gasteiger partial charge < -0.3 is 29.9 Å². The molecule has 1 aliphatic rings. The summed E-state index contributed by atoms with van der Waals surface area (Å²) >= 11 is 0. The maximum Gasteiger partial charge on any atom is 0.186 e. The number of aliphatic hydroxyl groups excluding tert-OH is 4. The first kappa shape index (κ1) is 13.8. The minimum absolute atomic E-state index is 0.402. The predicted molar refractivity (Wildman–Crippen MR) is 54.6 cm³/mol. The fourth-order valence-electron chi connectivity index (χ4n) is 1.55. The summed E-state index contributed by atoms with van der Waals surface area (Å²) < 4.78 is 10.4. The number of unbranched alkanes of at least 4 members (excludes halogenated alkanes) is 1. The molecule has 0 saturated carbocycles. The van der Waals surface area contributed by atoms with Crippen LogP contribution in [0.4, 0.5) is 0 Å². The van der Waals surface area contributed by atoms with Gasteiger partial charge in [-0.2, -0.15) is 0 Å². The van der Waals surface area contributed by atoms with Crippen LogP contribution in [0.15, 0.2) is 0 Å². The summed E-state index contributed by atoms with van der Waals surface area (Å²) in [5.41, 5.74) is 0. The van der Waals surface area contributed by atoms with Crippen molar-refractivity contribution in [2.75, 3.05) is 13.2 Å². The van der Waals surface area contributed by atoms with E-state index in [4.69, 9.17) is 14.6 Å². The summed E-state index contributed by atoms with van der Waals surface area (Å²) in [4.78, 5) is 0. The maximum atomic E-state index is 9.58. The molecule has 0 amide bonds. The highest BCUT2D eigenvalue weighted by Gasteiger charge is 2.43. The molecule has 1 fully saturated rings. The van der Waals surface area contributed by atoms with Crippen LogP contribution in [0.3, 0.4) is 0 Å². The van der Waals surface area contributed by atoms with Crippen molar-refractivity contribution in [2.24, 2.45) is 0 Å². The molecule has 0 aliphatic carbocycles. The van der Waals surface area contributed by atoms with Gasteiger partial charge in [0.2, 0.25) is 0 Å². The molecule has 0 aromatic carbocycles. The third kappa shape index (κ3) is 3.13. The van der Waals surface area contributed by atoms with Gasteiger partial charge >= 0.3 is 0 Å². The minimum Gasteiger partial charge on any atom is -0.394 e. The fraction of sp³-hybridized carbons (Fsp3) is 1.00. The van der Waals surface area contributed by atoms with E-state index in [0.717, 1.165) is 12.8 Å². The Hall–Kier alpha value is -0.240. The van der Waals surface area contributed by atoms with Gasteiger partial charge in [0.05, 0.1) is 6.61 Å². The lowest BCUT2D eigenvalue weighted by Crippen LogP contribution is -2.59. The Labute approximate surface area is 94.4 Å². The van der Waals surface area contributed by atoms with Gasteiger partial charge in [-0.1, -0.05) is 13.3 Å². The molecule has 0 bridgehead atoms. The number of rotatable bonds is 5. The quantitative estimate of drug-likeness (QED) is 0.438. The summed E-state index contributed by atoms with van der Waals surface area (Å²) in [5, 5.41) is 37.5. The topological polar surface area (TPSA) is 99.4 Å². The second-order valence-corrected chi connectivity index (χ2v) is 3.92. The maximum absolute atomic E-state index is 9.58. The van der Waals surface area contributed by atoms with Crippen LogP contribution in [0.2, 0.25) is 0 Å². The molecule has 16 heavy (non-hydrogen) atoms. The van der Waals surface area contributed by atoms with Gasteiger partial charge in [0.15, 0.2) is 6.29 Å². The van der Waals surface area contributed by atoms with E-state index in [1.165, 1.54) is 0 Å². The standard InChI is InChI=1S/C10H20O6/c1-2-3-4-15-10-9(14)8(13)7(12)6(5-11)16-10/h6-14H,2-5H2,1H3/t6-,7-,8-,9-,10-/m1/s1. The summed E-state index contributed by atoms with van der Waals surface area (Å²) in [6.45, 7) is 1.97. The molecule has 0 aromatic heterocycles. The number of aliphatic hydroxyl groups is 4. The largest absolute Gasteiger partial charge is 0.394 e. The number of ether oxygens (including phenoxy) is 2. The average Bonchev–Trinajstić information content (AvgIpc) is 2.29. The van der Waals surface area contributed by atoms with E-state index in [1.807, 2.05) is 6.92 Å². The predicted octanol–water partition coefficient (Wildman–Crippen LogP) is -1.40. The Morgan fingerprint density at radius 2 is 1.81 bits per heavy atom. The zero-order valence-corrected chi connectivity index (χ0v) is 9.32. The van der Waals surface area contributed by atoms with Crippen LogP contribution >= 0.6 is 0 Å². The van der Waals surface area contributed by atoms with E-state index in [-0.39, 0.29) is 0 Å². The molecular formula is C10H20O6. The number of hydrogen-bond acceptors (Lipinski definition) is 6. The Balaban J connectivity index is 2.50. The van der Waals surface area contributed by atoms with Crippen LogP contribution < -0.4 is 0 Å². The molecule has 5 atom stereocenters. The van der Waals surface area contributed by atoms with Crippen molar-refractivity contribution in [3.8, 4) is 0 Å². The van der Waals surface area contributed by atoms with Crippen molar-refractivity contribution in [2.45, 2.75) is 50.5 Å². The summed E-state index contributed by atoms with van der Waals surface area (Å²) in [6, 6.07) is 0. The monoisotopic (exact) mass is 236 g/mol. The van der Waals surface area contributed by atoms with Crippen LogP contribution in [0.1, 0.15) is 19.8 Å². The molecule has 1 heterocycles. The van der Waals surface area contributed by atoms with Crippen molar-refractivity contribution in [1.29, 1.82) is 0 Å².